The van der Waals surface area contributed by atoms with Gasteiger partial charge in [0.05, 0.1) is 0 Å². The molecule has 0 unspecified atom stereocenters. The lowest BCUT2D eigenvalue weighted by atomic mass is 9.56. The summed E-state index contributed by atoms with van der Waals surface area (Å²) in [7, 11) is 0. The molecular weight excluding hydrogens is 272 g/mol. The molecule has 0 aromatic heterocycles. The van der Waals surface area contributed by atoms with Crippen LogP contribution in [0.2, 0.25) is 0 Å². The third-order valence-corrected chi connectivity index (χ3v) is 7.04. The molecule has 2 aliphatic rings. The summed E-state index contributed by atoms with van der Waals surface area (Å²) < 4.78 is 0. The molecule has 0 aromatic carbocycles. The van der Waals surface area contributed by atoms with Gasteiger partial charge in [0.15, 0.2) is 0 Å². The minimum atomic E-state index is 0.243. The average Bonchev–Trinajstić information content (AvgIpc) is 2.53. The zero-order valence-corrected chi connectivity index (χ0v) is 14.8. The number of unbranched alkanes of at least 4 members (excludes halogenated alkanes) is 2. The van der Waals surface area contributed by atoms with E-state index in [1.807, 2.05) is 0 Å². The van der Waals surface area contributed by atoms with Gasteiger partial charge in [-0.25, -0.2) is 0 Å². The van der Waals surface area contributed by atoms with Crippen LogP contribution in [0.15, 0.2) is 0 Å². The van der Waals surface area contributed by atoms with E-state index in [0.29, 0.717) is 5.41 Å². The first-order chi connectivity index (χ1) is 10.7. The standard InChI is InChI=1S/C20H38O2/c1-2-3-4-5-18-6-8-19(9-7-18)10-12-20(13-11-19,14-16-21)15-17-22/h18,21-22H,2-17H2,1H3. The lowest BCUT2D eigenvalue weighted by molar-refractivity contribution is 0.00602. The number of aliphatic hydroxyl groups excluding tert-OH is 2. The number of rotatable bonds is 8. The fraction of sp³-hybridized carbons (Fsp3) is 1.00. The van der Waals surface area contributed by atoms with Crippen molar-refractivity contribution < 1.29 is 10.2 Å². The molecule has 2 rings (SSSR count). The topological polar surface area (TPSA) is 40.5 Å². The minimum Gasteiger partial charge on any atom is -0.396 e. The van der Waals surface area contributed by atoms with Crippen molar-refractivity contribution in [2.75, 3.05) is 13.2 Å². The Hall–Kier alpha value is -0.0800. The van der Waals surface area contributed by atoms with Gasteiger partial charge in [-0.3, -0.25) is 0 Å². The Kier molecular flexibility index (Phi) is 7.21. The van der Waals surface area contributed by atoms with Crippen LogP contribution >= 0.6 is 0 Å². The Morgan fingerprint density at radius 1 is 0.818 bits per heavy atom. The van der Waals surface area contributed by atoms with Crippen molar-refractivity contribution in [1.29, 1.82) is 0 Å². The molecule has 2 heteroatoms. The summed E-state index contributed by atoms with van der Waals surface area (Å²) in [5.41, 5.74) is 0.863. The third kappa shape index (κ3) is 4.71. The molecule has 0 aliphatic heterocycles. The molecule has 0 atom stereocenters. The molecular formula is C20H38O2. The van der Waals surface area contributed by atoms with Crippen molar-refractivity contribution in [2.45, 2.75) is 96.8 Å². The van der Waals surface area contributed by atoms with Crippen molar-refractivity contribution in [3.05, 3.63) is 0 Å². The fourth-order valence-corrected chi connectivity index (χ4v) is 5.17. The maximum atomic E-state index is 9.37. The molecule has 130 valence electrons. The summed E-state index contributed by atoms with van der Waals surface area (Å²) in [6.45, 7) is 2.86. The monoisotopic (exact) mass is 310 g/mol. The van der Waals surface area contributed by atoms with Gasteiger partial charge in [0, 0.05) is 13.2 Å². The van der Waals surface area contributed by atoms with Crippen LogP contribution in [0, 0.1) is 16.7 Å². The Morgan fingerprint density at radius 2 is 1.41 bits per heavy atom. The van der Waals surface area contributed by atoms with Crippen LogP contribution in [0.5, 0.6) is 0 Å². The maximum Gasteiger partial charge on any atom is 0.0436 e. The lowest BCUT2D eigenvalue weighted by Crippen LogP contribution is -2.38. The normalized spacial score (nSPS) is 24.7. The predicted molar refractivity (Wildman–Crippen MR) is 92.8 cm³/mol. The van der Waals surface area contributed by atoms with Crippen LogP contribution in [0.4, 0.5) is 0 Å². The molecule has 2 saturated carbocycles. The Labute approximate surface area is 137 Å². The first-order valence-corrected chi connectivity index (χ1v) is 9.89. The van der Waals surface area contributed by atoms with Crippen molar-refractivity contribution in [2.24, 2.45) is 16.7 Å². The molecule has 0 bridgehead atoms. The Morgan fingerprint density at radius 3 is 1.91 bits per heavy atom. The smallest absolute Gasteiger partial charge is 0.0436 e. The molecule has 2 nitrogen and oxygen atoms in total. The van der Waals surface area contributed by atoms with Crippen LogP contribution in [0.1, 0.15) is 96.8 Å². The molecule has 2 fully saturated rings. The third-order valence-electron chi connectivity index (χ3n) is 7.04. The van der Waals surface area contributed by atoms with Gasteiger partial charge in [0.25, 0.3) is 0 Å². The van der Waals surface area contributed by atoms with E-state index in [9.17, 15) is 10.2 Å². The quantitative estimate of drug-likeness (QED) is 0.615. The molecule has 22 heavy (non-hydrogen) atoms. The van der Waals surface area contributed by atoms with Crippen molar-refractivity contribution in [3.63, 3.8) is 0 Å². The van der Waals surface area contributed by atoms with E-state index in [4.69, 9.17) is 0 Å². The molecule has 0 radical (unpaired) electrons. The molecule has 0 amide bonds. The summed E-state index contributed by atoms with van der Waals surface area (Å²) in [6, 6.07) is 0. The highest BCUT2D eigenvalue weighted by molar-refractivity contribution is 4.95. The summed E-state index contributed by atoms with van der Waals surface area (Å²) in [4.78, 5) is 0. The second-order valence-electron chi connectivity index (χ2n) is 8.39. The maximum absolute atomic E-state index is 9.37. The lowest BCUT2D eigenvalue weighted by Gasteiger charge is -2.49. The number of hydrogen-bond donors (Lipinski definition) is 2. The summed E-state index contributed by atoms with van der Waals surface area (Å²) >= 11 is 0. The summed E-state index contributed by atoms with van der Waals surface area (Å²) in [6.07, 6.45) is 18.4. The summed E-state index contributed by atoms with van der Waals surface area (Å²) in [5.74, 6) is 0.999. The zero-order valence-electron chi connectivity index (χ0n) is 14.8. The molecule has 0 saturated heterocycles. The second kappa shape index (κ2) is 8.68. The van der Waals surface area contributed by atoms with Crippen LogP contribution in [-0.4, -0.2) is 23.4 Å². The van der Waals surface area contributed by atoms with E-state index < -0.39 is 0 Å². The molecule has 2 N–H and O–H groups in total. The van der Waals surface area contributed by atoms with Crippen molar-refractivity contribution in [1.82, 2.24) is 0 Å². The molecule has 2 aliphatic carbocycles. The van der Waals surface area contributed by atoms with Gasteiger partial charge >= 0.3 is 0 Å². The SMILES string of the molecule is CCCCCC1CCC2(CC1)CCC(CCO)(CCO)CC2. The Balaban J connectivity index is 1.78. The number of aliphatic hydroxyl groups is 2. The highest BCUT2D eigenvalue weighted by atomic mass is 16.3. The van der Waals surface area contributed by atoms with E-state index in [-0.39, 0.29) is 18.6 Å². The highest BCUT2D eigenvalue weighted by Gasteiger charge is 2.43. The van der Waals surface area contributed by atoms with Gasteiger partial charge in [-0.15, -0.1) is 0 Å². The fourth-order valence-electron chi connectivity index (χ4n) is 5.17. The van der Waals surface area contributed by atoms with Crippen LogP contribution < -0.4 is 0 Å². The van der Waals surface area contributed by atoms with E-state index in [0.717, 1.165) is 18.8 Å². The number of hydrogen-bond acceptors (Lipinski definition) is 2. The van der Waals surface area contributed by atoms with Gasteiger partial charge in [-0.05, 0) is 81.0 Å². The van der Waals surface area contributed by atoms with E-state index in [1.54, 1.807) is 0 Å². The van der Waals surface area contributed by atoms with E-state index >= 15 is 0 Å². The first-order valence-electron chi connectivity index (χ1n) is 9.89. The second-order valence-corrected chi connectivity index (χ2v) is 8.39. The zero-order chi connectivity index (χ0) is 15.9. The minimum absolute atomic E-state index is 0.243. The summed E-state index contributed by atoms with van der Waals surface area (Å²) in [5, 5.41) is 18.7. The van der Waals surface area contributed by atoms with Crippen LogP contribution in [0.3, 0.4) is 0 Å². The van der Waals surface area contributed by atoms with Crippen molar-refractivity contribution in [3.8, 4) is 0 Å². The van der Waals surface area contributed by atoms with Gasteiger partial charge < -0.3 is 10.2 Å². The average molecular weight is 311 g/mol. The Bertz CT molecular complexity index is 287. The van der Waals surface area contributed by atoms with Gasteiger partial charge in [-0.1, -0.05) is 32.6 Å². The van der Waals surface area contributed by atoms with Crippen LogP contribution in [0.25, 0.3) is 0 Å². The highest BCUT2D eigenvalue weighted by Crippen LogP contribution is 2.55. The molecule has 0 aromatic rings. The first kappa shape index (κ1) is 18.3. The van der Waals surface area contributed by atoms with Gasteiger partial charge in [0.2, 0.25) is 0 Å². The van der Waals surface area contributed by atoms with E-state index in [1.165, 1.54) is 77.0 Å². The van der Waals surface area contributed by atoms with Gasteiger partial charge in [-0.2, -0.15) is 0 Å². The predicted octanol–water partition coefficient (Wildman–Crippen LogP) is 5.07. The van der Waals surface area contributed by atoms with E-state index in [2.05, 4.69) is 6.92 Å². The largest absolute Gasteiger partial charge is 0.396 e. The van der Waals surface area contributed by atoms with Crippen molar-refractivity contribution >= 4 is 0 Å². The van der Waals surface area contributed by atoms with Gasteiger partial charge in [0.1, 0.15) is 0 Å². The molecule has 0 heterocycles. The molecule has 1 spiro atoms. The van der Waals surface area contributed by atoms with Crippen LogP contribution in [-0.2, 0) is 0 Å².